The molecule has 2 heterocycles. The van der Waals surface area contributed by atoms with Crippen molar-refractivity contribution in [3.05, 3.63) is 35.4 Å². The number of hydrogen-bond donors (Lipinski definition) is 0. The number of hydrogen-bond acceptors (Lipinski definition) is 3. The fraction of sp³-hybridized carbons (Fsp3) is 0.650. The molecule has 0 spiro atoms. The standard InChI is InChI=1S/C20H28N2O2/c1-6-24-20(13(2)3)16-11-14-9-7-8-10-15(14)18(16)22-19(4,5)12-17(23)21(20)22/h7-10,13,16,18H,6,11-12H2,1-5H3. The third-order valence-electron chi connectivity index (χ3n) is 6.18. The number of ether oxygens (including phenoxy) is 1. The summed E-state index contributed by atoms with van der Waals surface area (Å²) in [6.45, 7) is 11.4. The van der Waals surface area contributed by atoms with Crippen molar-refractivity contribution in [3.8, 4) is 0 Å². The molecule has 3 atom stereocenters. The summed E-state index contributed by atoms with van der Waals surface area (Å²) in [4.78, 5) is 13.0. The molecule has 0 aromatic heterocycles. The van der Waals surface area contributed by atoms with Crippen LogP contribution in [0.5, 0.6) is 0 Å². The molecule has 4 heteroatoms. The third-order valence-corrected chi connectivity index (χ3v) is 6.18. The Morgan fingerprint density at radius 1 is 1.29 bits per heavy atom. The molecule has 4 nitrogen and oxygen atoms in total. The van der Waals surface area contributed by atoms with Crippen molar-refractivity contribution in [2.45, 2.75) is 64.8 Å². The third kappa shape index (κ3) is 1.79. The fourth-order valence-electron chi connectivity index (χ4n) is 5.43. The van der Waals surface area contributed by atoms with Crippen molar-refractivity contribution in [2.24, 2.45) is 11.8 Å². The number of carbonyl (C=O) groups is 1. The topological polar surface area (TPSA) is 32.8 Å². The lowest BCUT2D eigenvalue weighted by Crippen LogP contribution is -2.58. The minimum Gasteiger partial charge on any atom is -0.354 e. The first-order valence-corrected chi connectivity index (χ1v) is 9.18. The van der Waals surface area contributed by atoms with Crippen LogP contribution < -0.4 is 0 Å². The van der Waals surface area contributed by atoms with Gasteiger partial charge in [-0.2, -0.15) is 0 Å². The number of hydrazine groups is 1. The molecular weight excluding hydrogens is 300 g/mol. The van der Waals surface area contributed by atoms with Crippen molar-refractivity contribution in [1.29, 1.82) is 0 Å². The molecule has 0 bridgehead atoms. The molecule has 130 valence electrons. The summed E-state index contributed by atoms with van der Waals surface area (Å²) in [6.07, 6.45) is 1.54. The number of rotatable bonds is 3. The average Bonchev–Trinajstić information content (AvgIpc) is 3.08. The van der Waals surface area contributed by atoms with Gasteiger partial charge >= 0.3 is 0 Å². The normalized spacial score (nSPS) is 33.9. The number of carbonyl (C=O) groups excluding carboxylic acids is 1. The van der Waals surface area contributed by atoms with Crippen LogP contribution in [0, 0.1) is 11.8 Å². The van der Waals surface area contributed by atoms with Gasteiger partial charge in [-0.3, -0.25) is 4.79 Å². The Morgan fingerprint density at radius 2 is 2.00 bits per heavy atom. The summed E-state index contributed by atoms with van der Waals surface area (Å²) in [5.74, 6) is 0.731. The minimum absolute atomic E-state index is 0.175. The fourth-order valence-corrected chi connectivity index (χ4v) is 5.43. The SMILES string of the molecule is CCOC1(C(C)C)C2Cc3ccccc3C2N2N1C(=O)CC2(C)C. The van der Waals surface area contributed by atoms with Crippen LogP contribution in [0.4, 0.5) is 0 Å². The Balaban J connectivity index is 1.93. The number of amides is 1. The molecule has 2 saturated heterocycles. The van der Waals surface area contributed by atoms with Gasteiger partial charge in [0.15, 0.2) is 5.72 Å². The van der Waals surface area contributed by atoms with Crippen molar-refractivity contribution in [1.82, 2.24) is 10.0 Å². The van der Waals surface area contributed by atoms with Gasteiger partial charge in [-0.05, 0) is 38.3 Å². The van der Waals surface area contributed by atoms with Crippen molar-refractivity contribution < 1.29 is 9.53 Å². The van der Waals surface area contributed by atoms with Gasteiger partial charge in [0.1, 0.15) is 0 Å². The minimum atomic E-state index is -0.538. The zero-order valence-electron chi connectivity index (χ0n) is 15.4. The van der Waals surface area contributed by atoms with Gasteiger partial charge in [0, 0.05) is 30.4 Å². The first-order chi connectivity index (χ1) is 11.3. The molecule has 2 aliphatic heterocycles. The van der Waals surface area contributed by atoms with E-state index in [-0.39, 0.29) is 23.4 Å². The molecule has 0 saturated carbocycles. The van der Waals surface area contributed by atoms with E-state index in [0.717, 1.165) is 6.42 Å². The summed E-state index contributed by atoms with van der Waals surface area (Å²) in [5.41, 5.74) is 2.07. The smallest absolute Gasteiger partial charge is 0.241 e. The maximum atomic E-state index is 13.0. The highest BCUT2D eigenvalue weighted by Crippen LogP contribution is 2.61. The van der Waals surface area contributed by atoms with Gasteiger partial charge in [0.2, 0.25) is 5.91 Å². The highest BCUT2D eigenvalue weighted by molar-refractivity contribution is 5.81. The van der Waals surface area contributed by atoms with Gasteiger partial charge in [0.05, 0.1) is 6.04 Å². The molecular formula is C20H28N2O2. The molecule has 1 aliphatic carbocycles. The highest BCUT2D eigenvalue weighted by Gasteiger charge is 2.69. The number of benzene rings is 1. The van der Waals surface area contributed by atoms with Crippen LogP contribution in [0.3, 0.4) is 0 Å². The predicted molar refractivity (Wildman–Crippen MR) is 93.0 cm³/mol. The molecule has 4 rings (SSSR count). The van der Waals surface area contributed by atoms with Crippen molar-refractivity contribution in [3.63, 3.8) is 0 Å². The van der Waals surface area contributed by atoms with Crippen LogP contribution in [-0.2, 0) is 16.0 Å². The van der Waals surface area contributed by atoms with E-state index in [0.29, 0.717) is 18.9 Å². The molecule has 2 fully saturated rings. The Hall–Kier alpha value is -1.39. The van der Waals surface area contributed by atoms with Crippen LogP contribution in [0.15, 0.2) is 24.3 Å². The summed E-state index contributed by atoms with van der Waals surface area (Å²) in [6, 6.07) is 8.94. The second-order valence-corrected chi connectivity index (χ2v) is 8.33. The van der Waals surface area contributed by atoms with Crippen molar-refractivity contribution >= 4 is 5.91 Å². The lowest BCUT2D eigenvalue weighted by molar-refractivity contribution is -0.224. The first kappa shape index (κ1) is 16.1. The van der Waals surface area contributed by atoms with Crippen LogP contribution in [0.25, 0.3) is 0 Å². The second-order valence-electron chi connectivity index (χ2n) is 8.33. The Labute approximate surface area is 144 Å². The van der Waals surface area contributed by atoms with E-state index in [4.69, 9.17) is 4.74 Å². The van der Waals surface area contributed by atoms with E-state index in [1.165, 1.54) is 11.1 Å². The highest BCUT2D eigenvalue weighted by atomic mass is 16.5. The average molecular weight is 328 g/mol. The summed E-state index contributed by atoms with van der Waals surface area (Å²) in [7, 11) is 0. The molecule has 1 aromatic carbocycles. The monoisotopic (exact) mass is 328 g/mol. The van der Waals surface area contributed by atoms with E-state index >= 15 is 0 Å². The Bertz CT molecular complexity index is 684. The lowest BCUT2D eigenvalue weighted by atomic mass is 9.81. The molecule has 0 N–H and O–H groups in total. The van der Waals surface area contributed by atoms with Gasteiger partial charge in [-0.25, -0.2) is 10.0 Å². The van der Waals surface area contributed by atoms with E-state index in [1.807, 2.05) is 11.9 Å². The first-order valence-electron chi connectivity index (χ1n) is 9.18. The second kappa shape index (κ2) is 5.06. The summed E-state index contributed by atoms with van der Waals surface area (Å²) in [5, 5.41) is 4.36. The number of nitrogens with zero attached hydrogens (tertiary/aromatic N) is 2. The number of fused-ring (bicyclic) bond motifs is 5. The maximum absolute atomic E-state index is 13.0. The van der Waals surface area contributed by atoms with Gasteiger partial charge in [-0.15, -0.1) is 0 Å². The van der Waals surface area contributed by atoms with Crippen LogP contribution in [0.2, 0.25) is 0 Å². The maximum Gasteiger partial charge on any atom is 0.241 e. The molecule has 3 aliphatic rings. The zero-order chi connectivity index (χ0) is 17.3. The van der Waals surface area contributed by atoms with Crippen LogP contribution in [-0.4, -0.2) is 33.8 Å². The lowest BCUT2D eigenvalue weighted by Gasteiger charge is -2.44. The van der Waals surface area contributed by atoms with E-state index in [9.17, 15) is 4.79 Å². The molecule has 1 amide bonds. The van der Waals surface area contributed by atoms with Crippen LogP contribution >= 0.6 is 0 Å². The predicted octanol–water partition coefficient (Wildman–Crippen LogP) is 3.53. The molecule has 1 aromatic rings. The zero-order valence-corrected chi connectivity index (χ0v) is 15.4. The summed E-state index contributed by atoms with van der Waals surface area (Å²) < 4.78 is 6.44. The van der Waals surface area contributed by atoms with Crippen molar-refractivity contribution in [2.75, 3.05) is 6.61 Å². The Morgan fingerprint density at radius 3 is 2.67 bits per heavy atom. The molecule has 3 unspecified atom stereocenters. The Kier molecular flexibility index (Phi) is 3.39. The molecule has 0 radical (unpaired) electrons. The largest absolute Gasteiger partial charge is 0.354 e. The van der Waals surface area contributed by atoms with Gasteiger partial charge in [0.25, 0.3) is 0 Å². The summed E-state index contributed by atoms with van der Waals surface area (Å²) >= 11 is 0. The van der Waals surface area contributed by atoms with E-state index in [2.05, 4.69) is 57.0 Å². The quantitative estimate of drug-likeness (QED) is 0.851. The van der Waals surface area contributed by atoms with E-state index < -0.39 is 5.72 Å². The van der Waals surface area contributed by atoms with Crippen LogP contribution in [0.1, 0.15) is 58.2 Å². The van der Waals surface area contributed by atoms with Gasteiger partial charge < -0.3 is 4.74 Å². The van der Waals surface area contributed by atoms with E-state index in [1.54, 1.807) is 0 Å². The molecule has 24 heavy (non-hydrogen) atoms. The van der Waals surface area contributed by atoms with Gasteiger partial charge in [-0.1, -0.05) is 38.1 Å².